The first-order chi connectivity index (χ1) is 21.4. The van der Waals surface area contributed by atoms with E-state index in [1.807, 2.05) is 95.2 Å². The molecule has 0 unspecified atom stereocenters. The van der Waals surface area contributed by atoms with E-state index in [9.17, 15) is 5.02 Å². The average molecular weight is 587 g/mol. The van der Waals surface area contributed by atoms with Crippen LogP contribution in [0.5, 0.6) is 0 Å². The van der Waals surface area contributed by atoms with E-state index in [-0.39, 0.29) is 6.92 Å². The topological polar surface area (TPSA) is 66.8 Å². The monoisotopic (exact) mass is 587 g/mol. The maximum atomic E-state index is 9.61. The summed E-state index contributed by atoms with van der Waals surface area (Å²) in [6.07, 6.45) is 1.55. The Morgan fingerprint density at radius 2 is 1.23 bits per heavy atom. The summed E-state index contributed by atoms with van der Waals surface area (Å²) in [6.45, 7) is 25.3. The van der Waals surface area contributed by atoms with Crippen LogP contribution in [0.3, 0.4) is 0 Å². The highest BCUT2D eigenvalue weighted by atomic mass is 16.5. The van der Waals surface area contributed by atoms with Crippen LogP contribution in [0, 0.1) is 13.1 Å². The summed E-state index contributed by atoms with van der Waals surface area (Å²) in [5.41, 5.74) is 8.71. The fourth-order valence-corrected chi connectivity index (χ4v) is 4.73. The zero-order chi connectivity index (χ0) is 32.2. The second-order valence-electron chi connectivity index (χ2n) is 9.62. The number of hydrogen-bond acceptors (Lipinski definition) is 6. The normalized spacial score (nSPS) is 12.0. The lowest BCUT2D eigenvalue weighted by molar-refractivity contribution is 0.275. The number of fused-ring (bicyclic) bond motifs is 2. The zero-order valence-corrected chi connectivity index (χ0v) is 26.6. The Kier molecular flexibility index (Phi) is 12.6. The Balaban J connectivity index is 0.000000216. The molecular formula is C34H39B2N5O3. The molecule has 0 spiro atoms. The lowest BCUT2D eigenvalue weighted by Crippen LogP contribution is -2.28. The van der Waals surface area contributed by atoms with Gasteiger partial charge in [0.1, 0.15) is 5.82 Å². The Hall–Kier alpha value is -4.60. The highest BCUT2D eigenvalue weighted by molar-refractivity contribution is 6.67. The summed E-state index contributed by atoms with van der Waals surface area (Å²) in [7, 11) is 3.13. The highest BCUT2D eigenvalue weighted by Gasteiger charge is 2.27. The SMILES string of the molecule is CC.CC.[C-]#[N+]c1ccc(N(C)c2ccc3c(c2)COB3C)cc1.[C-]#[N+]c1ccc(N(C)c2ccc3c(c2)COB3O)nc1. The molecule has 0 saturated carbocycles. The van der Waals surface area contributed by atoms with Gasteiger partial charge in [0.25, 0.3) is 0 Å². The maximum Gasteiger partial charge on any atom is 0.491 e. The fourth-order valence-electron chi connectivity index (χ4n) is 4.73. The molecule has 6 rings (SSSR count). The summed E-state index contributed by atoms with van der Waals surface area (Å²) >= 11 is 0. The molecule has 0 aliphatic carbocycles. The number of rotatable bonds is 4. The summed E-state index contributed by atoms with van der Waals surface area (Å²) in [4.78, 5) is 15.1. The zero-order valence-electron chi connectivity index (χ0n) is 26.6. The van der Waals surface area contributed by atoms with E-state index in [4.69, 9.17) is 22.5 Å². The van der Waals surface area contributed by atoms with Crippen molar-refractivity contribution in [3.05, 3.63) is 113 Å². The number of benzene rings is 3. The fraction of sp³-hybridized carbons (Fsp3) is 0.265. The third kappa shape index (κ3) is 7.86. The molecule has 3 aromatic carbocycles. The molecule has 8 nitrogen and oxygen atoms in total. The molecule has 0 saturated heterocycles. The van der Waals surface area contributed by atoms with Crippen LogP contribution >= 0.6 is 0 Å². The largest absolute Gasteiger partial charge is 0.491 e. The van der Waals surface area contributed by atoms with Crippen molar-refractivity contribution >= 4 is 59.2 Å². The lowest BCUT2D eigenvalue weighted by Gasteiger charge is -2.20. The van der Waals surface area contributed by atoms with Crippen molar-refractivity contribution < 1.29 is 14.3 Å². The number of aromatic nitrogens is 1. The molecule has 1 N–H and O–H groups in total. The van der Waals surface area contributed by atoms with Gasteiger partial charge in [0.15, 0.2) is 5.69 Å². The van der Waals surface area contributed by atoms with Gasteiger partial charge in [0.2, 0.25) is 5.69 Å². The van der Waals surface area contributed by atoms with Gasteiger partial charge in [-0.2, -0.15) is 0 Å². The number of pyridine rings is 1. The predicted molar refractivity (Wildman–Crippen MR) is 183 cm³/mol. The highest BCUT2D eigenvalue weighted by Crippen LogP contribution is 2.28. The molecular weight excluding hydrogens is 548 g/mol. The van der Waals surface area contributed by atoms with Crippen LogP contribution in [-0.2, 0) is 22.5 Å². The van der Waals surface area contributed by atoms with Crippen molar-refractivity contribution in [2.24, 2.45) is 0 Å². The van der Waals surface area contributed by atoms with Crippen LogP contribution in [0.25, 0.3) is 9.69 Å². The first kappa shape index (κ1) is 33.9. The molecule has 3 heterocycles. The first-order valence-corrected chi connectivity index (χ1v) is 14.8. The van der Waals surface area contributed by atoms with Crippen LogP contribution in [0.2, 0.25) is 6.82 Å². The quantitative estimate of drug-likeness (QED) is 0.204. The molecule has 10 heteroatoms. The van der Waals surface area contributed by atoms with Crippen LogP contribution < -0.4 is 20.7 Å². The number of hydrogen-bond donors (Lipinski definition) is 1. The van der Waals surface area contributed by atoms with Gasteiger partial charge in [-0.1, -0.05) is 64.8 Å². The van der Waals surface area contributed by atoms with Crippen molar-refractivity contribution in [3.8, 4) is 0 Å². The molecule has 4 aromatic rings. The molecule has 224 valence electrons. The minimum absolute atomic E-state index is 0.197. The van der Waals surface area contributed by atoms with E-state index >= 15 is 0 Å². The second kappa shape index (κ2) is 16.3. The third-order valence-corrected chi connectivity index (χ3v) is 7.19. The van der Waals surface area contributed by atoms with Gasteiger partial charge in [-0.25, -0.2) is 9.69 Å². The van der Waals surface area contributed by atoms with Gasteiger partial charge < -0.3 is 24.1 Å². The molecule has 1 aromatic heterocycles. The molecule has 44 heavy (non-hydrogen) atoms. The van der Waals surface area contributed by atoms with Gasteiger partial charge in [0, 0.05) is 37.4 Å². The van der Waals surface area contributed by atoms with Crippen LogP contribution in [-0.4, -0.2) is 38.1 Å². The van der Waals surface area contributed by atoms with Crippen molar-refractivity contribution in [1.82, 2.24) is 4.98 Å². The summed E-state index contributed by atoms with van der Waals surface area (Å²) in [5.74, 6) is 0.761. The van der Waals surface area contributed by atoms with Crippen molar-refractivity contribution in [2.45, 2.75) is 47.7 Å². The van der Waals surface area contributed by atoms with Crippen molar-refractivity contribution in [3.63, 3.8) is 0 Å². The smallest absolute Gasteiger partial charge is 0.427 e. The molecule has 0 amide bonds. The summed E-state index contributed by atoms with van der Waals surface area (Å²) in [6, 6.07) is 23.4. The van der Waals surface area contributed by atoms with Gasteiger partial charge in [-0.15, -0.1) is 0 Å². The van der Waals surface area contributed by atoms with Crippen molar-refractivity contribution in [1.29, 1.82) is 0 Å². The Bertz CT molecular complexity index is 1480. The van der Waals surface area contributed by atoms with E-state index in [1.54, 1.807) is 12.3 Å². The molecule has 2 aliphatic rings. The first-order valence-electron chi connectivity index (χ1n) is 14.8. The standard InChI is InChI=1S/C16H15BN2O.C14H12BN3O2.2C2H6/c1-17-16-9-8-15(10-12(16)11-20-17)19(3)14-6-4-13(18-2)5-7-14;1-16-11-3-6-14(17-8-11)18(2)12-4-5-13-10(7-12)9-20-15(13)19;2*1-2/h4-10H,11H2,1,3H3;3-8,19H,9H2,2H3;2*1-2H3. The average Bonchev–Trinajstić information content (AvgIpc) is 3.67. The van der Waals surface area contributed by atoms with E-state index < -0.39 is 7.12 Å². The minimum atomic E-state index is -0.819. The van der Waals surface area contributed by atoms with Crippen LogP contribution in [0.1, 0.15) is 38.8 Å². The maximum absolute atomic E-state index is 9.61. The molecule has 0 fully saturated rings. The molecule has 0 atom stereocenters. The third-order valence-electron chi connectivity index (χ3n) is 7.19. The molecule has 0 radical (unpaired) electrons. The van der Waals surface area contributed by atoms with Gasteiger partial charge >= 0.3 is 14.0 Å². The summed E-state index contributed by atoms with van der Waals surface area (Å²) < 4.78 is 10.8. The van der Waals surface area contributed by atoms with Gasteiger partial charge in [-0.3, -0.25) is 4.98 Å². The second-order valence-corrected chi connectivity index (χ2v) is 9.62. The van der Waals surface area contributed by atoms with Gasteiger partial charge in [-0.05, 0) is 64.5 Å². The van der Waals surface area contributed by atoms with E-state index in [2.05, 4.69) is 44.6 Å². The lowest BCUT2D eigenvalue weighted by atomic mass is 9.64. The minimum Gasteiger partial charge on any atom is -0.427 e. The Morgan fingerprint density at radius 3 is 1.82 bits per heavy atom. The van der Waals surface area contributed by atoms with Crippen LogP contribution in [0.4, 0.5) is 34.3 Å². The van der Waals surface area contributed by atoms with Crippen LogP contribution in [0.15, 0.2) is 79.0 Å². The Labute approximate surface area is 262 Å². The predicted octanol–water partition coefficient (Wildman–Crippen LogP) is 7.03. The van der Waals surface area contributed by atoms with Gasteiger partial charge in [0.05, 0.1) is 26.4 Å². The van der Waals surface area contributed by atoms with E-state index in [1.165, 1.54) is 11.0 Å². The Morgan fingerprint density at radius 1 is 0.705 bits per heavy atom. The molecule has 2 aliphatic heterocycles. The number of nitrogens with zero attached hydrogens (tertiary/aromatic N) is 5. The number of anilines is 4. The van der Waals surface area contributed by atoms with Crippen molar-refractivity contribution in [2.75, 3.05) is 23.9 Å². The van der Waals surface area contributed by atoms with E-state index in [0.29, 0.717) is 24.6 Å². The summed E-state index contributed by atoms with van der Waals surface area (Å²) in [5, 5.41) is 9.61. The molecule has 0 bridgehead atoms. The van der Waals surface area contributed by atoms with E-state index in [0.717, 1.165) is 33.9 Å².